The van der Waals surface area contributed by atoms with Crippen molar-refractivity contribution >= 4 is 40.9 Å². The fraction of sp³-hybridized carbons (Fsp3) is 0.929. The Hall–Kier alpha value is 0.210. The molecule has 0 aromatic rings. The third-order valence-electron chi connectivity index (χ3n) is 2.25. The summed E-state index contributed by atoms with van der Waals surface area (Å²) in [4.78, 5) is 13.0. The summed E-state index contributed by atoms with van der Waals surface area (Å²) in [7, 11) is 0. The number of carbonyl (C=O) groups excluding carboxylic acids is 1. The van der Waals surface area contributed by atoms with E-state index in [0.717, 1.165) is 13.0 Å². The molecule has 20 heavy (non-hydrogen) atoms. The van der Waals surface area contributed by atoms with Crippen molar-refractivity contribution in [2.24, 2.45) is 10.7 Å². The Labute approximate surface area is 139 Å². The van der Waals surface area contributed by atoms with Gasteiger partial charge in [0.25, 0.3) is 0 Å². The highest BCUT2D eigenvalue weighted by atomic mass is 35.6. The summed E-state index contributed by atoms with van der Waals surface area (Å²) in [5.41, 5.74) is 5.27. The Morgan fingerprint density at radius 2 is 1.40 bits per heavy atom. The monoisotopic (exact) mass is 346 g/mol. The van der Waals surface area contributed by atoms with Crippen LogP contribution in [0.15, 0.2) is 4.99 Å². The molecule has 0 rings (SSSR count). The van der Waals surface area contributed by atoms with Crippen LogP contribution in [0.1, 0.15) is 65.2 Å². The summed E-state index contributed by atoms with van der Waals surface area (Å²) in [5, 5.41) is 0. The van der Waals surface area contributed by atoms with E-state index < -0.39 is 4.30 Å². The second kappa shape index (κ2) is 27.5. The predicted molar refractivity (Wildman–Crippen MR) is 91.7 cm³/mol. The van der Waals surface area contributed by atoms with Crippen molar-refractivity contribution in [2.75, 3.05) is 13.1 Å². The first-order valence-corrected chi connectivity index (χ1v) is 8.53. The van der Waals surface area contributed by atoms with E-state index >= 15 is 0 Å². The van der Waals surface area contributed by atoms with Crippen LogP contribution in [-0.2, 0) is 4.79 Å². The first-order valence-electron chi connectivity index (χ1n) is 7.22. The summed E-state index contributed by atoms with van der Waals surface area (Å²) in [6.07, 6.45) is 11.4. The predicted octanol–water partition coefficient (Wildman–Crippen LogP) is 5.41. The van der Waals surface area contributed by atoms with Crippen LogP contribution >= 0.6 is 34.8 Å². The van der Waals surface area contributed by atoms with Gasteiger partial charge in [0.15, 0.2) is 4.30 Å². The van der Waals surface area contributed by atoms with Crippen LogP contribution in [0, 0.1) is 0 Å². The van der Waals surface area contributed by atoms with E-state index in [1.165, 1.54) is 51.0 Å². The fourth-order valence-electron chi connectivity index (χ4n) is 1.23. The largest absolute Gasteiger partial charge is 0.330 e. The van der Waals surface area contributed by atoms with E-state index in [2.05, 4.69) is 18.8 Å². The van der Waals surface area contributed by atoms with Crippen molar-refractivity contribution < 1.29 is 4.79 Å². The van der Waals surface area contributed by atoms with E-state index in [1.54, 1.807) is 0 Å². The van der Waals surface area contributed by atoms with Gasteiger partial charge in [-0.05, 0) is 19.4 Å². The van der Waals surface area contributed by atoms with Crippen LogP contribution in [0.25, 0.3) is 0 Å². The van der Waals surface area contributed by atoms with Crippen LogP contribution in [0.2, 0.25) is 0 Å². The minimum Gasteiger partial charge on any atom is -0.330 e. The first kappa shape index (κ1) is 25.2. The van der Waals surface area contributed by atoms with Gasteiger partial charge in [-0.25, -0.2) is 9.79 Å². The molecule has 6 heteroatoms. The maximum atomic E-state index is 9.55. The molecule has 0 heterocycles. The SMILES string of the molecule is CCCCCCN.CCCCCCN=C=O.ClC(Cl)Cl. The maximum absolute atomic E-state index is 9.55. The van der Waals surface area contributed by atoms with Gasteiger partial charge in [-0.2, -0.15) is 0 Å². The molecule has 0 aliphatic heterocycles. The molecule has 0 aromatic heterocycles. The number of isocyanates is 1. The van der Waals surface area contributed by atoms with Gasteiger partial charge >= 0.3 is 0 Å². The van der Waals surface area contributed by atoms with Crippen molar-refractivity contribution in [2.45, 2.75) is 69.5 Å². The van der Waals surface area contributed by atoms with Gasteiger partial charge in [-0.1, -0.05) is 87.2 Å². The zero-order valence-corrected chi connectivity index (χ0v) is 15.0. The minimum absolute atomic E-state index is 0.656. The van der Waals surface area contributed by atoms with Crippen LogP contribution < -0.4 is 5.73 Å². The topological polar surface area (TPSA) is 55.4 Å². The Morgan fingerprint density at radius 3 is 1.75 bits per heavy atom. The summed E-state index contributed by atoms with van der Waals surface area (Å²) in [5.74, 6) is 0. The van der Waals surface area contributed by atoms with Gasteiger partial charge < -0.3 is 5.73 Å². The lowest BCUT2D eigenvalue weighted by molar-refractivity contribution is 0.561. The standard InChI is InChI=1S/C7H13NO.C6H15N.CHCl3/c1-2-3-4-5-6-8-7-9;1-2-3-4-5-6-7;2-1(3)4/h2-6H2,1H3;2-7H2,1H3;1H. The molecule has 0 saturated carbocycles. The molecule has 2 N–H and O–H groups in total. The lowest BCUT2D eigenvalue weighted by Crippen LogP contribution is -1.97. The average Bonchev–Trinajstić information content (AvgIpc) is 2.39. The lowest BCUT2D eigenvalue weighted by atomic mass is 10.2. The van der Waals surface area contributed by atoms with Crippen LogP contribution in [0.5, 0.6) is 0 Å². The Kier molecular flexibility index (Phi) is 34.7. The van der Waals surface area contributed by atoms with Crippen molar-refractivity contribution in [3.63, 3.8) is 0 Å². The van der Waals surface area contributed by atoms with Gasteiger partial charge in [0, 0.05) is 0 Å². The van der Waals surface area contributed by atoms with Crippen LogP contribution in [0.4, 0.5) is 0 Å². The molecule has 3 nitrogen and oxygen atoms in total. The highest BCUT2D eigenvalue weighted by Crippen LogP contribution is 2.03. The van der Waals surface area contributed by atoms with Gasteiger partial charge in [0.2, 0.25) is 6.08 Å². The molecule has 0 amide bonds. The molecule has 0 saturated heterocycles. The van der Waals surface area contributed by atoms with Crippen molar-refractivity contribution in [3.8, 4) is 0 Å². The number of nitrogens with two attached hydrogens (primary N) is 1. The number of rotatable bonds is 9. The highest BCUT2D eigenvalue weighted by molar-refractivity contribution is 6.63. The summed E-state index contributed by atoms with van der Waals surface area (Å²) in [6, 6.07) is 0. The molecule has 0 bridgehead atoms. The van der Waals surface area contributed by atoms with Gasteiger partial charge in [0.1, 0.15) is 0 Å². The molecule has 0 radical (unpaired) electrons. The van der Waals surface area contributed by atoms with Crippen LogP contribution in [-0.4, -0.2) is 23.5 Å². The molecule has 0 aliphatic rings. The number of unbranched alkanes of at least 4 members (excludes halogenated alkanes) is 6. The third-order valence-corrected chi connectivity index (χ3v) is 2.25. The van der Waals surface area contributed by atoms with Crippen LogP contribution in [0.3, 0.4) is 0 Å². The maximum Gasteiger partial charge on any atom is 0.234 e. The number of hydrogen-bond donors (Lipinski definition) is 1. The molecule has 0 spiro atoms. The fourth-order valence-corrected chi connectivity index (χ4v) is 1.23. The van der Waals surface area contributed by atoms with E-state index in [4.69, 9.17) is 40.5 Å². The van der Waals surface area contributed by atoms with E-state index in [0.29, 0.717) is 6.54 Å². The normalized spacial score (nSPS) is 8.95. The Morgan fingerprint density at radius 1 is 0.950 bits per heavy atom. The molecule has 0 unspecified atom stereocenters. The second-order valence-electron chi connectivity index (χ2n) is 4.13. The van der Waals surface area contributed by atoms with Crippen molar-refractivity contribution in [3.05, 3.63) is 0 Å². The van der Waals surface area contributed by atoms with E-state index in [1.807, 2.05) is 0 Å². The van der Waals surface area contributed by atoms with Gasteiger partial charge in [0.05, 0.1) is 6.54 Å². The van der Waals surface area contributed by atoms with E-state index in [-0.39, 0.29) is 0 Å². The molecule has 0 atom stereocenters. The minimum atomic E-state index is -0.750. The number of halogens is 3. The first-order chi connectivity index (χ1) is 9.56. The molecular formula is C14H29Cl3N2O. The third kappa shape index (κ3) is 51.7. The smallest absolute Gasteiger partial charge is 0.234 e. The summed E-state index contributed by atoms with van der Waals surface area (Å²) >= 11 is 14.4. The van der Waals surface area contributed by atoms with Crippen molar-refractivity contribution in [1.82, 2.24) is 0 Å². The zero-order chi connectivity index (χ0) is 16.1. The quantitative estimate of drug-likeness (QED) is 0.262. The van der Waals surface area contributed by atoms with Crippen molar-refractivity contribution in [1.29, 1.82) is 0 Å². The average molecular weight is 348 g/mol. The number of alkyl halides is 3. The Bertz CT molecular complexity index is 192. The van der Waals surface area contributed by atoms with Gasteiger partial charge in [-0.3, -0.25) is 0 Å². The zero-order valence-electron chi connectivity index (χ0n) is 12.7. The molecular weight excluding hydrogens is 319 g/mol. The molecule has 0 aromatic carbocycles. The lowest BCUT2D eigenvalue weighted by Gasteiger charge is -1.90. The molecule has 0 aliphatic carbocycles. The number of hydrogen-bond acceptors (Lipinski definition) is 3. The number of nitrogens with zero attached hydrogens (tertiary/aromatic N) is 1. The summed E-state index contributed by atoms with van der Waals surface area (Å²) in [6.45, 7) is 5.88. The highest BCUT2D eigenvalue weighted by Gasteiger charge is 1.83. The second-order valence-corrected chi connectivity index (χ2v) is 6.11. The van der Waals surface area contributed by atoms with Gasteiger partial charge in [-0.15, -0.1) is 0 Å². The molecule has 122 valence electrons. The molecule has 0 fully saturated rings. The number of aliphatic imine (C=N–C) groups is 1. The van der Waals surface area contributed by atoms with E-state index in [9.17, 15) is 4.79 Å². The Balaban J connectivity index is -0.000000234. The summed E-state index contributed by atoms with van der Waals surface area (Å²) < 4.78 is -0.750.